The molecule has 0 aliphatic heterocycles. The van der Waals surface area contributed by atoms with Crippen LogP contribution in [0.25, 0.3) is 11.2 Å². The van der Waals surface area contributed by atoms with E-state index in [1.54, 1.807) is 6.20 Å². The zero-order chi connectivity index (χ0) is 11.7. The van der Waals surface area contributed by atoms with E-state index in [0.717, 1.165) is 17.0 Å². The molecule has 4 nitrogen and oxygen atoms in total. The number of aromatic nitrogens is 3. The van der Waals surface area contributed by atoms with E-state index >= 15 is 0 Å². The Morgan fingerprint density at radius 1 is 1.44 bits per heavy atom. The second-order valence-electron chi connectivity index (χ2n) is 3.62. The summed E-state index contributed by atoms with van der Waals surface area (Å²) in [5.74, 6) is 1.43. The number of hydrogen-bond donors (Lipinski definition) is 0. The smallest absolute Gasteiger partial charge is 0.179 e. The van der Waals surface area contributed by atoms with E-state index in [-0.39, 0.29) is 0 Å². The van der Waals surface area contributed by atoms with Crippen LogP contribution in [0.2, 0.25) is 5.02 Å². The molecular formula is C10H12Cl2N4. The molecule has 0 saturated heterocycles. The number of imidazole rings is 1. The predicted molar refractivity (Wildman–Crippen MR) is 67.0 cm³/mol. The number of aryl methyl sites for hydroxylation is 1. The number of hydrogen-bond acceptors (Lipinski definition) is 3. The Balaban J connectivity index is 2.65. The molecule has 0 unspecified atom stereocenters. The fourth-order valence-electron chi connectivity index (χ4n) is 1.64. The minimum absolute atomic E-state index is 0.533. The molecule has 0 fully saturated rings. The zero-order valence-electron chi connectivity index (χ0n) is 9.11. The van der Waals surface area contributed by atoms with Crippen molar-refractivity contribution in [1.29, 1.82) is 0 Å². The third-order valence-electron chi connectivity index (χ3n) is 2.23. The van der Waals surface area contributed by atoms with Gasteiger partial charge in [-0.15, -0.1) is 11.6 Å². The van der Waals surface area contributed by atoms with E-state index in [4.69, 9.17) is 23.2 Å². The lowest BCUT2D eigenvalue weighted by molar-refractivity contribution is 0.697. The zero-order valence-corrected chi connectivity index (χ0v) is 10.6. The first-order valence-corrected chi connectivity index (χ1v) is 5.81. The van der Waals surface area contributed by atoms with Gasteiger partial charge in [0.05, 0.1) is 5.02 Å². The van der Waals surface area contributed by atoms with Crippen molar-refractivity contribution in [3.8, 4) is 0 Å². The summed E-state index contributed by atoms with van der Waals surface area (Å²) >= 11 is 11.6. The summed E-state index contributed by atoms with van der Waals surface area (Å²) in [6, 6.07) is 1.81. The van der Waals surface area contributed by atoms with Crippen LogP contribution in [0.1, 0.15) is 5.82 Å². The normalized spacial score (nSPS) is 11.0. The quantitative estimate of drug-likeness (QED) is 0.791. The van der Waals surface area contributed by atoms with Crippen LogP contribution in [-0.4, -0.2) is 34.6 Å². The van der Waals surface area contributed by atoms with Gasteiger partial charge in [-0.25, -0.2) is 14.6 Å². The molecule has 0 saturated carbocycles. The highest BCUT2D eigenvalue weighted by Crippen LogP contribution is 2.18. The molecule has 0 spiro atoms. The molecule has 0 bridgehead atoms. The van der Waals surface area contributed by atoms with Crippen molar-refractivity contribution >= 4 is 34.4 Å². The highest BCUT2D eigenvalue weighted by Gasteiger charge is 2.13. The Labute approximate surface area is 104 Å². The molecule has 0 atom stereocenters. The molecular weight excluding hydrogens is 247 g/mol. The molecule has 2 aromatic rings. The maximum Gasteiger partial charge on any atom is 0.179 e. The van der Waals surface area contributed by atoms with Gasteiger partial charge in [0.2, 0.25) is 0 Å². The van der Waals surface area contributed by atoms with E-state index < -0.39 is 0 Å². The summed E-state index contributed by atoms with van der Waals surface area (Å²) < 4.78 is 1.94. The molecule has 2 aromatic heterocycles. The predicted octanol–water partition coefficient (Wildman–Crippen LogP) is 2.06. The number of pyridine rings is 1. The minimum Gasteiger partial charge on any atom is -0.316 e. The summed E-state index contributed by atoms with van der Waals surface area (Å²) in [7, 11) is 3.88. The first-order chi connectivity index (χ1) is 7.63. The summed E-state index contributed by atoms with van der Waals surface area (Å²) in [6.07, 6.45) is 2.32. The molecule has 86 valence electrons. The average molecular weight is 259 g/mol. The van der Waals surface area contributed by atoms with E-state index in [9.17, 15) is 0 Å². The van der Waals surface area contributed by atoms with Crippen molar-refractivity contribution in [2.45, 2.75) is 6.42 Å². The van der Waals surface area contributed by atoms with Gasteiger partial charge in [-0.2, -0.15) is 0 Å². The van der Waals surface area contributed by atoms with Gasteiger partial charge >= 0.3 is 0 Å². The van der Waals surface area contributed by atoms with Crippen LogP contribution < -0.4 is 5.01 Å². The summed E-state index contributed by atoms with van der Waals surface area (Å²) in [4.78, 5) is 8.76. The largest absolute Gasteiger partial charge is 0.316 e. The molecule has 0 radical (unpaired) electrons. The molecule has 0 aliphatic rings. The Bertz CT molecular complexity index is 507. The lowest BCUT2D eigenvalue weighted by atomic mass is 10.4. The molecule has 0 aliphatic carbocycles. The van der Waals surface area contributed by atoms with Crippen molar-refractivity contribution in [1.82, 2.24) is 14.6 Å². The molecule has 16 heavy (non-hydrogen) atoms. The maximum absolute atomic E-state index is 5.89. The molecule has 0 amide bonds. The number of rotatable bonds is 3. The van der Waals surface area contributed by atoms with E-state index in [1.165, 1.54) is 0 Å². The first-order valence-electron chi connectivity index (χ1n) is 4.90. The third kappa shape index (κ3) is 1.95. The van der Waals surface area contributed by atoms with Gasteiger partial charge in [0.1, 0.15) is 11.3 Å². The molecule has 6 heteroatoms. The van der Waals surface area contributed by atoms with Gasteiger partial charge in [-0.1, -0.05) is 11.6 Å². The van der Waals surface area contributed by atoms with Gasteiger partial charge in [0.15, 0.2) is 5.65 Å². The summed E-state index contributed by atoms with van der Waals surface area (Å²) in [5.41, 5.74) is 1.59. The van der Waals surface area contributed by atoms with Crippen molar-refractivity contribution in [2.24, 2.45) is 0 Å². The molecule has 0 aromatic carbocycles. The number of halogens is 2. The van der Waals surface area contributed by atoms with Crippen molar-refractivity contribution in [3.63, 3.8) is 0 Å². The van der Waals surface area contributed by atoms with Gasteiger partial charge in [-0.3, -0.25) is 0 Å². The molecule has 2 rings (SSSR count). The van der Waals surface area contributed by atoms with Crippen LogP contribution in [0.4, 0.5) is 0 Å². The SMILES string of the molecule is CN(C)n1c(CCCl)nc2cc(Cl)cnc21. The fraction of sp³-hybridized carbons (Fsp3) is 0.400. The van der Waals surface area contributed by atoms with Crippen LogP contribution in [-0.2, 0) is 6.42 Å². The first kappa shape index (κ1) is 11.5. The summed E-state index contributed by atoms with van der Waals surface area (Å²) in [6.45, 7) is 0. The Morgan fingerprint density at radius 3 is 2.81 bits per heavy atom. The average Bonchev–Trinajstić information content (AvgIpc) is 2.55. The van der Waals surface area contributed by atoms with Crippen molar-refractivity contribution in [3.05, 3.63) is 23.1 Å². The second-order valence-corrected chi connectivity index (χ2v) is 4.44. The van der Waals surface area contributed by atoms with E-state index in [0.29, 0.717) is 17.3 Å². The Kier molecular flexibility index (Phi) is 3.21. The molecule has 0 N–H and O–H groups in total. The fourth-order valence-corrected chi connectivity index (χ4v) is 1.96. The highest BCUT2D eigenvalue weighted by molar-refractivity contribution is 6.31. The van der Waals surface area contributed by atoms with E-state index in [2.05, 4.69) is 9.97 Å². The lowest BCUT2D eigenvalue weighted by Crippen LogP contribution is -2.27. The van der Waals surface area contributed by atoms with Crippen LogP contribution in [0.3, 0.4) is 0 Å². The third-order valence-corrected chi connectivity index (χ3v) is 2.62. The van der Waals surface area contributed by atoms with Gasteiger partial charge in [0.25, 0.3) is 0 Å². The van der Waals surface area contributed by atoms with Crippen molar-refractivity contribution < 1.29 is 0 Å². The van der Waals surface area contributed by atoms with E-state index in [1.807, 2.05) is 29.8 Å². The standard InChI is InChI=1S/C10H12Cl2N4/c1-15(2)16-9(3-4-11)14-8-5-7(12)6-13-10(8)16/h5-6H,3-4H2,1-2H3. The molecule has 2 heterocycles. The van der Waals surface area contributed by atoms with Crippen LogP contribution >= 0.6 is 23.2 Å². The number of fused-ring (bicyclic) bond motifs is 1. The number of nitrogens with zero attached hydrogens (tertiary/aromatic N) is 4. The van der Waals surface area contributed by atoms with Crippen molar-refractivity contribution in [2.75, 3.05) is 25.0 Å². The topological polar surface area (TPSA) is 34.0 Å². The second kappa shape index (κ2) is 4.47. The van der Waals surface area contributed by atoms with Crippen LogP contribution in [0.5, 0.6) is 0 Å². The van der Waals surface area contributed by atoms with Crippen LogP contribution in [0.15, 0.2) is 12.3 Å². The Hall–Kier alpha value is -1.00. The van der Waals surface area contributed by atoms with Gasteiger partial charge in [0, 0.05) is 32.6 Å². The minimum atomic E-state index is 0.533. The Morgan fingerprint density at radius 2 is 2.19 bits per heavy atom. The van der Waals surface area contributed by atoms with Gasteiger partial charge in [-0.05, 0) is 6.07 Å². The maximum atomic E-state index is 5.89. The van der Waals surface area contributed by atoms with Crippen LogP contribution in [0, 0.1) is 0 Å². The summed E-state index contributed by atoms with van der Waals surface area (Å²) in [5, 5.41) is 2.52. The van der Waals surface area contributed by atoms with Gasteiger partial charge < -0.3 is 5.01 Å². The number of alkyl halides is 1. The highest BCUT2D eigenvalue weighted by atomic mass is 35.5. The monoisotopic (exact) mass is 258 g/mol. The lowest BCUT2D eigenvalue weighted by Gasteiger charge is -2.16.